The maximum atomic E-state index is 13.5. The van der Waals surface area contributed by atoms with Crippen LogP contribution in [0.4, 0.5) is 4.39 Å². The van der Waals surface area contributed by atoms with Crippen molar-refractivity contribution in [2.45, 2.75) is 44.9 Å². The molecule has 9 heteroatoms. The van der Waals surface area contributed by atoms with Gasteiger partial charge in [-0.1, -0.05) is 6.07 Å². The van der Waals surface area contributed by atoms with Crippen LogP contribution in [0.2, 0.25) is 0 Å². The normalized spacial score (nSPS) is 15.4. The summed E-state index contributed by atoms with van der Waals surface area (Å²) >= 11 is 1.68. The lowest BCUT2D eigenvalue weighted by Crippen LogP contribution is -2.39. The van der Waals surface area contributed by atoms with Crippen LogP contribution in [0.5, 0.6) is 0 Å². The fourth-order valence-corrected chi connectivity index (χ4v) is 4.23. The molecule has 0 saturated carbocycles. The Morgan fingerprint density at radius 1 is 1.26 bits per heavy atom. The molecule has 6 nitrogen and oxygen atoms in total. The number of unbranched alkanes of at least 4 members (excludes halogenated alkanes) is 1. The van der Waals surface area contributed by atoms with Crippen molar-refractivity contribution in [1.82, 2.24) is 15.5 Å². The molecule has 1 fully saturated rings. The average molecular weight is 566 g/mol. The van der Waals surface area contributed by atoms with Gasteiger partial charge in [-0.15, -0.1) is 24.0 Å². The first-order chi connectivity index (χ1) is 14.5. The lowest BCUT2D eigenvalue weighted by Gasteiger charge is -2.30. The molecule has 0 unspecified atom stereocenters. The zero-order valence-electron chi connectivity index (χ0n) is 18.7. The number of rotatable bonds is 11. The molecule has 1 saturated heterocycles. The molecule has 4 N–H and O–H groups in total. The van der Waals surface area contributed by atoms with Crippen molar-refractivity contribution in [2.24, 2.45) is 16.6 Å². The van der Waals surface area contributed by atoms with Gasteiger partial charge in [0.1, 0.15) is 5.82 Å². The summed E-state index contributed by atoms with van der Waals surface area (Å²) < 4.78 is 13.5. The van der Waals surface area contributed by atoms with E-state index in [1.54, 1.807) is 17.8 Å². The van der Waals surface area contributed by atoms with Crippen molar-refractivity contribution in [3.63, 3.8) is 0 Å². The molecule has 0 aliphatic carbocycles. The number of nitrogens with one attached hydrogen (secondary N) is 2. The van der Waals surface area contributed by atoms with E-state index in [9.17, 15) is 9.18 Å². The zero-order valence-corrected chi connectivity index (χ0v) is 21.8. The van der Waals surface area contributed by atoms with Gasteiger partial charge in [0.05, 0.1) is 6.54 Å². The number of primary amides is 1. The molecule has 0 bridgehead atoms. The molecule has 1 amide bonds. The van der Waals surface area contributed by atoms with E-state index in [-0.39, 0.29) is 41.6 Å². The second kappa shape index (κ2) is 15.7. The molecule has 1 heterocycles. The number of likely N-dealkylation sites (tertiary alicyclic amines) is 1. The molecular formula is C22H37FIN5OS. The second-order valence-corrected chi connectivity index (χ2v) is 8.56. The van der Waals surface area contributed by atoms with E-state index in [1.165, 1.54) is 6.07 Å². The van der Waals surface area contributed by atoms with Gasteiger partial charge in [-0.3, -0.25) is 4.79 Å². The number of aliphatic imine (C=N–C) groups is 1. The number of hydrogen-bond acceptors (Lipinski definition) is 4. The summed E-state index contributed by atoms with van der Waals surface area (Å²) in [6.45, 7) is 7.19. The van der Waals surface area contributed by atoms with Crippen molar-refractivity contribution >= 4 is 47.6 Å². The minimum atomic E-state index is -0.198. The summed E-state index contributed by atoms with van der Waals surface area (Å²) in [5, 5.41) is 6.67. The van der Waals surface area contributed by atoms with Gasteiger partial charge in [-0.05, 0) is 81.8 Å². The SMILES string of the molecule is CCNC(=NCc1ccc(F)cc1CSC)NCCCCN1CCC(C(N)=O)CC1.I. The molecule has 176 valence electrons. The first-order valence-electron chi connectivity index (χ1n) is 10.8. The number of carbonyl (C=O) groups excluding carboxylic acids is 1. The second-order valence-electron chi connectivity index (χ2n) is 7.69. The van der Waals surface area contributed by atoms with Gasteiger partial charge in [0, 0.05) is 24.8 Å². The lowest BCUT2D eigenvalue weighted by molar-refractivity contribution is -0.123. The van der Waals surface area contributed by atoms with Gasteiger partial charge in [-0.25, -0.2) is 9.38 Å². The number of piperidine rings is 1. The highest BCUT2D eigenvalue weighted by Crippen LogP contribution is 2.18. The Morgan fingerprint density at radius 2 is 2.00 bits per heavy atom. The number of nitrogens with zero attached hydrogens (tertiary/aromatic N) is 2. The number of amides is 1. The predicted octanol–water partition coefficient (Wildman–Crippen LogP) is 3.34. The number of nitrogens with two attached hydrogens (primary N) is 1. The zero-order chi connectivity index (χ0) is 21.8. The number of thioether (sulfide) groups is 1. The van der Waals surface area contributed by atoms with Gasteiger partial charge >= 0.3 is 0 Å². The molecule has 0 radical (unpaired) electrons. The first kappa shape index (κ1) is 28.0. The fraction of sp³-hybridized carbons (Fsp3) is 0.636. The predicted molar refractivity (Wildman–Crippen MR) is 139 cm³/mol. The maximum absolute atomic E-state index is 13.5. The topological polar surface area (TPSA) is 82.8 Å². The van der Waals surface area contributed by atoms with Gasteiger partial charge in [0.2, 0.25) is 5.91 Å². The van der Waals surface area contributed by atoms with Gasteiger partial charge in [0.25, 0.3) is 0 Å². The van der Waals surface area contributed by atoms with Crippen LogP contribution in [-0.4, -0.2) is 55.7 Å². The van der Waals surface area contributed by atoms with E-state index >= 15 is 0 Å². The molecule has 1 aliphatic rings. The third-order valence-corrected chi connectivity index (χ3v) is 6.00. The average Bonchev–Trinajstić information content (AvgIpc) is 2.73. The van der Waals surface area contributed by atoms with Gasteiger partial charge < -0.3 is 21.3 Å². The van der Waals surface area contributed by atoms with Crippen LogP contribution >= 0.6 is 35.7 Å². The molecule has 0 spiro atoms. The summed E-state index contributed by atoms with van der Waals surface area (Å²) in [6, 6.07) is 4.94. The smallest absolute Gasteiger partial charge is 0.220 e. The molecule has 0 aromatic heterocycles. The third-order valence-electron chi connectivity index (χ3n) is 5.40. The number of guanidine groups is 1. The number of benzene rings is 1. The Balaban J connectivity index is 0.00000480. The van der Waals surface area contributed by atoms with Crippen molar-refractivity contribution in [1.29, 1.82) is 0 Å². The van der Waals surface area contributed by atoms with E-state index in [2.05, 4.69) is 20.5 Å². The maximum Gasteiger partial charge on any atom is 0.220 e. The Labute approximate surface area is 207 Å². The molecular weight excluding hydrogens is 528 g/mol. The highest BCUT2D eigenvalue weighted by molar-refractivity contribution is 14.0. The Bertz CT molecular complexity index is 698. The Hall–Kier alpha value is -1.07. The van der Waals surface area contributed by atoms with Crippen LogP contribution in [0.1, 0.15) is 43.7 Å². The summed E-state index contributed by atoms with van der Waals surface area (Å²) in [6.07, 6.45) is 5.93. The summed E-state index contributed by atoms with van der Waals surface area (Å²) in [5.74, 6) is 1.27. The molecule has 1 aromatic carbocycles. The molecule has 0 atom stereocenters. The monoisotopic (exact) mass is 565 g/mol. The summed E-state index contributed by atoms with van der Waals surface area (Å²) in [7, 11) is 0. The minimum Gasteiger partial charge on any atom is -0.369 e. The molecule has 31 heavy (non-hydrogen) atoms. The molecule has 1 aliphatic heterocycles. The van der Waals surface area contributed by atoms with E-state index in [1.807, 2.05) is 19.2 Å². The minimum absolute atomic E-state index is 0. The van der Waals surface area contributed by atoms with Crippen molar-refractivity contribution in [3.05, 3.63) is 35.1 Å². The van der Waals surface area contributed by atoms with E-state index in [4.69, 9.17) is 5.73 Å². The summed E-state index contributed by atoms with van der Waals surface area (Å²) in [5.41, 5.74) is 7.46. The van der Waals surface area contributed by atoms with Crippen LogP contribution in [0.25, 0.3) is 0 Å². The van der Waals surface area contributed by atoms with Gasteiger partial charge in [0.15, 0.2) is 5.96 Å². The van der Waals surface area contributed by atoms with Crippen molar-refractivity contribution in [3.8, 4) is 0 Å². The number of carbonyl (C=O) groups is 1. The van der Waals surface area contributed by atoms with Crippen LogP contribution in [-0.2, 0) is 17.1 Å². The van der Waals surface area contributed by atoms with Crippen molar-refractivity contribution in [2.75, 3.05) is 39.0 Å². The van der Waals surface area contributed by atoms with Crippen LogP contribution in [0, 0.1) is 11.7 Å². The highest BCUT2D eigenvalue weighted by Gasteiger charge is 2.22. The van der Waals surface area contributed by atoms with Crippen molar-refractivity contribution < 1.29 is 9.18 Å². The van der Waals surface area contributed by atoms with Crippen LogP contribution in [0.15, 0.2) is 23.2 Å². The van der Waals surface area contributed by atoms with Gasteiger partial charge in [-0.2, -0.15) is 11.8 Å². The van der Waals surface area contributed by atoms with Crippen LogP contribution < -0.4 is 16.4 Å². The van der Waals surface area contributed by atoms with E-state index < -0.39 is 0 Å². The first-order valence-corrected chi connectivity index (χ1v) is 12.2. The van der Waals surface area contributed by atoms with E-state index in [0.29, 0.717) is 6.54 Å². The van der Waals surface area contributed by atoms with E-state index in [0.717, 1.165) is 81.2 Å². The molecule has 1 aromatic rings. The number of hydrogen-bond donors (Lipinski definition) is 3. The highest BCUT2D eigenvalue weighted by atomic mass is 127. The number of halogens is 2. The fourth-order valence-electron chi connectivity index (χ4n) is 3.65. The quantitative estimate of drug-likeness (QED) is 0.166. The standard InChI is InChI=1S/C22H36FN5OS.HI/c1-3-25-22(27-15-18-6-7-20(23)14-19(18)16-30-2)26-10-4-5-11-28-12-8-17(9-13-28)21(24)29;/h6-7,14,17H,3-5,8-13,15-16H2,1-2H3,(H2,24,29)(H2,25,26,27);1H. The largest absolute Gasteiger partial charge is 0.369 e. The lowest BCUT2D eigenvalue weighted by atomic mass is 9.96. The molecule has 2 rings (SSSR count). The Kier molecular flexibility index (Phi) is 14.1. The summed E-state index contributed by atoms with van der Waals surface area (Å²) in [4.78, 5) is 18.3. The third kappa shape index (κ3) is 10.4. The van der Waals surface area contributed by atoms with Crippen LogP contribution in [0.3, 0.4) is 0 Å². The Morgan fingerprint density at radius 3 is 2.65 bits per heavy atom.